The molecular formula is C15H16N2O. The minimum atomic E-state index is -0.314. The summed E-state index contributed by atoms with van der Waals surface area (Å²) >= 11 is 0. The third kappa shape index (κ3) is 2.03. The third-order valence-electron chi connectivity index (χ3n) is 3.06. The Morgan fingerprint density at radius 1 is 1.17 bits per heavy atom. The second-order valence-corrected chi connectivity index (χ2v) is 4.40. The molecule has 0 fully saturated rings. The van der Waals surface area contributed by atoms with Gasteiger partial charge in [-0.2, -0.15) is 5.26 Å². The van der Waals surface area contributed by atoms with E-state index in [2.05, 4.69) is 6.07 Å². The molecule has 0 N–H and O–H groups in total. The molecule has 2 rings (SSSR count). The summed E-state index contributed by atoms with van der Waals surface area (Å²) < 4.78 is 5.41. The number of fused-ring (bicyclic) bond motifs is 1. The average Bonchev–Trinajstić information content (AvgIpc) is 2.39. The summed E-state index contributed by atoms with van der Waals surface area (Å²) in [7, 11) is 5.43. The average molecular weight is 240 g/mol. The van der Waals surface area contributed by atoms with E-state index in [4.69, 9.17) is 4.74 Å². The van der Waals surface area contributed by atoms with Crippen molar-refractivity contribution in [2.75, 3.05) is 21.2 Å². The number of rotatable bonds is 3. The molecule has 1 atom stereocenters. The van der Waals surface area contributed by atoms with E-state index < -0.39 is 0 Å². The Labute approximate surface area is 107 Å². The molecular weight excluding hydrogens is 224 g/mol. The van der Waals surface area contributed by atoms with Gasteiger partial charge in [0.25, 0.3) is 0 Å². The molecule has 0 aliphatic carbocycles. The zero-order valence-corrected chi connectivity index (χ0v) is 10.8. The Bertz CT molecular complexity index is 599. The first-order chi connectivity index (χ1) is 8.69. The number of methoxy groups -OCH3 is 1. The van der Waals surface area contributed by atoms with Crippen LogP contribution in [0.4, 0.5) is 0 Å². The Hall–Kier alpha value is -2.05. The van der Waals surface area contributed by atoms with E-state index in [1.807, 2.05) is 55.4 Å². The Morgan fingerprint density at radius 2 is 1.89 bits per heavy atom. The van der Waals surface area contributed by atoms with Gasteiger partial charge in [0.05, 0.1) is 13.2 Å². The fraction of sp³-hybridized carbons (Fsp3) is 0.267. The quantitative estimate of drug-likeness (QED) is 0.827. The van der Waals surface area contributed by atoms with Gasteiger partial charge < -0.3 is 4.74 Å². The highest BCUT2D eigenvalue weighted by Gasteiger charge is 2.20. The van der Waals surface area contributed by atoms with Crippen molar-refractivity contribution < 1.29 is 4.74 Å². The first-order valence-electron chi connectivity index (χ1n) is 5.80. The number of ether oxygens (including phenoxy) is 1. The number of hydrogen-bond acceptors (Lipinski definition) is 3. The van der Waals surface area contributed by atoms with Crippen LogP contribution in [0, 0.1) is 11.3 Å². The summed E-state index contributed by atoms with van der Waals surface area (Å²) in [5.41, 5.74) is 0.933. The van der Waals surface area contributed by atoms with Crippen molar-refractivity contribution in [1.82, 2.24) is 4.90 Å². The zero-order valence-electron chi connectivity index (χ0n) is 10.8. The van der Waals surface area contributed by atoms with Crippen molar-refractivity contribution in [1.29, 1.82) is 5.26 Å². The van der Waals surface area contributed by atoms with Gasteiger partial charge in [0.15, 0.2) is 0 Å². The molecule has 3 nitrogen and oxygen atoms in total. The van der Waals surface area contributed by atoms with E-state index in [0.717, 1.165) is 22.1 Å². The number of hydrogen-bond donors (Lipinski definition) is 0. The molecule has 0 bridgehead atoms. The largest absolute Gasteiger partial charge is 0.496 e. The van der Waals surface area contributed by atoms with Crippen LogP contribution in [0.15, 0.2) is 36.4 Å². The van der Waals surface area contributed by atoms with Gasteiger partial charge in [0.1, 0.15) is 11.8 Å². The number of nitrogens with zero attached hydrogens (tertiary/aromatic N) is 2. The van der Waals surface area contributed by atoms with Gasteiger partial charge in [-0.3, -0.25) is 4.90 Å². The summed E-state index contributed by atoms with van der Waals surface area (Å²) in [6.07, 6.45) is 0. The lowest BCUT2D eigenvalue weighted by Crippen LogP contribution is -2.19. The smallest absolute Gasteiger partial charge is 0.127 e. The molecule has 0 aliphatic rings. The maximum Gasteiger partial charge on any atom is 0.127 e. The molecule has 0 aromatic heterocycles. The van der Waals surface area contributed by atoms with E-state index in [0.29, 0.717) is 0 Å². The summed E-state index contributed by atoms with van der Waals surface area (Å²) in [6.45, 7) is 0. The fourth-order valence-corrected chi connectivity index (χ4v) is 2.17. The molecule has 0 radical (unpaired) electrons. The minimum absolute atomic E-state index is 0.314. The molecule has 1 unspecified atom stereocenters. The van der Waals surface area contributed by atoms with Gasteiger partial charge in [-0.05, 0) is 30.9 Å². The lowest BCUT2D eigenvalue weighted by Gasteiger charge is -2.21. The van der Waals surface area contributed by atoms with Crippen LogP contribution in [0.25, 0.3) is 10.8 Å². The van der Waals surface area contributed by atoms with E-state index in [1.165, 1.54) is 0 Å². The molecule has 0 amide bonds. The van der Waals surface area contributed by atoms with Gasteiger partial charge in [-0.25, -0.2) is 0 Å². The van der Waals surface area contributed by atoms with Crippen molar-refractivity contribution in [2.24, 2.45) is 0 Å². The predicted octanol–water partition coefficient (Wildman–Crippen LogP) is 2.97. The molecule has 0 aliphatic heterocycles. The number of benzene rings is 2. The maximum atomic E-state index is 9.38. The molecule has 2 aromatic carbocycles. The topological polar surface area (TPSA) is 36.3 Å². The van der Waals surface area contributed by atoms with Crippen molar-refractivity contribution in [3.8, 4) is 11.8 Å². The van der Waals surface area contributed by atoms with Crippen LogP contribution >= 0.6 is 0 Å². The van der Waals surface area contributed by atoms with Crippen LogP contribution in [0.1, 0.15) is 11.6 Å². The third-order valence-corrected chi connectivity index (χ3v) is 3.06. The summed E-state index contributed by atoms with van der Waals surface area (Å²) in [5, 5.41) is 11.6. The molecule has 2 aromatic rings. The predicted molar refractivity (Wildman–Crippen MR) is 72.5 cm³/mol. The van der Waals surface area contributed by atoms with Crippen LogP contribution in [0.2, 0.25) is 0 Å². The fourth-order valence-electron chi connectivity index (χ4n) is 2.17. The highest BCUT2D eigenvalue weighted by molar-refractivity contribution is 5.88. The van der Waals surface area contributed by atoms with Crippen molar-refractivity contribution in [2.45, 2.75) is 6.04 Å². The van der Waals surface area contributed by atoms with Crippen molar-refractivity contribution in [3.63, 3.8) is 0 Å². The van der Waals surface area contributed by atoms with E-state index in [-0.39, 0.29) is 6.04 Å². The lowest BCUT2D eigenvalue weighted by atomic mass is 9.97. The van der Waals surface area contributed by atoms with Gasteiger partial charge in [0.2, 0.25) is 0 Å². The highest BCUT2D eigenvalue weighted by atomic mass is 16.5. The van der Waals surface area contributed by atoms with E-state index in [1.54, 1.807) is 7.11 Å². The second-order valence-electron chi connectivity index (χ2n) is 4.40. The zero-order chi connectivity index (χ0) is 13.1. The van der Waals surface area contributed by atoms with E-state index in [9.17, 15) is 5.26 Å². The molecule has 0 spiro atoms. The van der Waals surface area contributed by atoms with Crippen LogP contribution < -0.4 is 4.74 Å². The Morgan fingerprint density at radius 3 is 2.50 bits per heavy atom. The molecule has 0 heterocycles. The van der Waals surface area contributed by atoms with E-state index >= 15 is 0 Å². The van der Waals surface area contributed by atoms with Crippen molar-refractivity contribution in [3.05, 3.63) is 42.0 Å². The second kappa shape index (κ2) is 5.07. The van der Waals surface area contributed by atoms with Crippen LogP contribution in [-0.4, -0.2) is 26.1 Å². The van der Waals surface area contributed by atoms with Gasteiger partial charge in [-0.1, -0.05) is 30.3 Å². The Kier molecular flexibility index (Phi) is 3.50. The van der Waals surface area contributed by atoms with Crippen LogP contribution in [-0.2, 0) is 0 Å². The monoisotopic (exact) mass is 240 g/mol. The highest BCUT2D eigenvalue weighted by Crippen LogP contribution is 2.34. The summed E-state index contributed by atoms with van der Waals surface area (Å²) in [5.74, 6) is 0.758. The first kappa shape index (κ1) is 12.4. The minimum Gasteiger partial charge on any atom is -0.496 e. The lowest BCUT2D eigenvalue weighted by molar-refractivity contribution is 0.342. The summed E-state index contributed by atoms with van der Waals surface area (Å²) in [4.78, 5) is 1.89. The molecule has 18 heavy (non-hydrogen) atoms. The molecule has 0 saturated carbocycles. The number of nitriles is 1. The first-order valence-corrected chi connectivity index (χ1v) is 5.80. The van der Waals surface area contributed by atoms with Crippen LogP contribution in [0.5, 0.6) is 5.75 Å². The normalized spacial score (nSPS) is 12.4. The maximum absolute atomic E-state index is 9.38. The summed E-state index contributed by atoms with van der Waals surface area (Å²) in [6, 6.07) is 14.0. The van der Waals surface area contributed by atoms with Gasteiger partial charge in [0, 0.05) is 5.56 Å². The van der Waals surface area contributed by atoms with Crippen molar-refractivity contribution >= 4 is 10.8 Å². The molecule has 3 heteroatoms. The van der Waals surface area contributed by atoms with Gasteiger partial charge >= 0.3 is 0 Å². The molecule has 92 valence electrons. The standard InChI is InChI=1S/C15H16N2O/c1-17(2)13(10-16)15-12-7-5-4-6-11(12)8-9-14(15)18-3/h4-9,13H,1-3H3. The van der Waals surface area contributed by atoms with Crippen LogP contribution in [0.3, 0.4) is 0 Å². The van der Waals surface area contributed by atoms with Gasteiger partial charge in [-0.15, -0.1) is 0 Å². The molecule has 0 saturated heterocycles. The SMILES string of the molecule is COc1ccc2ccccc2c1C(C#N)N(C)C. The Balaban J connectivity index is 2.76.